The average molecular weight is 193 g/mol. The molecule has 2 heteroatoms. The van der Waals surface area contributed by atoms with Gasteiger partial charge in [0.05, 0.1) is 5.70 Å². The molecule has 13 heavy (non-hydrogen) atoms. The van der Waals surface area contributed by atoms with Crippen molar-refractivity contribution in [1.82, 2.24) is 0 Å². The summed E-state index contributed by atoms with van der Waals surface area (Å²) in [5.41, 5.74) is 0.896. The molecule has 0 amide bonds. The van der Waals surface area contributed by atoms with Gasteiger partial charge in [0.25, 0.3) is 0 Å². The van der Waals surface area contributed by atoms with Crippen molar-refractivity contribution < 1.29 is 0 Å². The largest absolute Gasteiger partial charge is 0.260 e. The van der Waals surface area contributed by atoms with Gasteiger partial charge >= 0.3 is 0 Å². The fourth-order valence-corrected chi connectivity index (χ4v) is 1.33. The first-order chi connectivity index (χ1) is 6.29. The third-order valence-corrected chi connectivity index (χ3v) is 2.10. The topological polar surface area (TPSA) is 12.4 Å². The van der Waals surface area contributed by atoms with Crippen LogP contribution < -0.4 is 0 Å². The Hall–Kier alpha value is -1.02. The highest BCUT2D eigenvalue weighted by Crippen LogP contribution is 2.19. The first-order valence-corrected chi connectivity index (χ1v) is 5.21. The molecule has 0 fully saturated rings. The lowest BCUT2D eigenvalue weighted by molar-refractivity contribution is 1.41. The second-order valence-electron chi connectivity index (χ2n) is 2.14. The summed E-state index contributed by atoms with van der Waals surface area (Å²) in [5, 5.41) is 0. The normalized spacial score (nSPS) is 13.4. The molecule has 1 nitrogen and oxygen atoms in total. The van der Waals surface area contributed by atoms with Gasteiger partial charge in [-0.2, -0.15) is 0 Å². The molecule has 0 aliphatic heterocycles. The Kier molecular flexibility index (Phi) is 7.02. The van der Waals surface area contributed by atoms with Crippen molar-refractivity contribution in [3.05, 3.63) is 48.1 Å². The smallest absolute Gasteiger partial charge is 0.0755 e. The molecule has 0 radical (unpaired) electrons. The van der Waals surface area contributed by atoms with Crippen LogP contribution in [0.25, 0.3) is 0 Å². The summed E-state index contributed by atoms with van der Waals surface area (Å²) in [6.45, 7) is 9.21. The standard InChI is InChI=1S/C11H15NS/c1-5-8-9-11(13-4)10(6-2)12-7-3/h5-9H,1-2H2,3-4H3/b9-8-,11-10-,12-7?. The molecule has 0 unspecified atom stereocenters. The Morgan fingerprint density at radius 1 is 1.38 bits per heavy atom. The lowest BCUT2D eigenvalue weighted by Crippen LogP contribution is -1.79. The van der Waals surface area contributed by atoms with Crippen LogP contribution in [0, 0.1) is 0 Å². The molecule has 0 N–H and O–H groups in total. The SMILES string of the molecule is C=C/C=C\C(SC)=C(/C=C)N=CC. The van der Waals surface area contributed by atoms with Gasteiger partial charge in [-0.3, -0.25) is 4.99 Å². The van der Waals surface area contributed by atoms with Crippen LogP contribution in [-0.2, 0) is 0 Å². The van der Waals surface area contributed by atoms with E-state index in [1.807, 2.05) is 25.3 Å². The van der Waals surface area contributed by atoms with E-state index >= 15 is 0 Å². The van der Waals surface area contributed by atoms with Gasteiger partial charge in [-0.05, 0) is 25.3 Å². The first-order valence-electron chi connectivity index (χ1n) is 3.98. The zero-order valence-electron chi connectivity index (χ0n) is 8.16. The first kappa shape index (κ1) is 12.0. The van der Waals surface area contributed by atoms with Gasteiger partial charge in [0, 0.05) is 11.1 Å². The number of allylic oxidation sites excluding steroid dienone is 4. The lowest BCUT2D eigenvalue weighted by Gasteiger charge is -1.99. The zero-order chi connectivity index (χ0) is 10.1. The summed E-state index contributed by atoms with van der Waals surface area (Å²) in [4.78, 5) is 5.29. The molecule has 0 aliphatic rings. The van der Waals surface area contributed by atoms with Crippen molar-refractivity contribution in [3.8, 4) is 0 Å². The number of nitrogens with zero attached hydrogens (tertiary/aromatic N) is 1. The summed E-state index contributed by atoms with van der Waals surface area (Å²) < 4.78 is 0. The molecule has 0 saturated carbocycles. The molecule has 70 valence electrons. The van der Waals surface area contributed by atoms with E-state index in [0.717, 1.165) is 10.6 Å². The van der Waals surface area contributed by atoms with Crippen molar-refractivity contribution >= 4 is 18.0 Å². The number of hydrogen-bond acceptors (Lipinski definition) is 2. The Morgan fingerprint density at radius 3 is 2.46 bits per heavy atom. The summed E-state index contributed by atoms with van der Waals surface area (Å²) >= 11 is 1.64. The molecule has 0 saturated heterocycles. The highest BCUT2D eigenvalue weighted by atomic mass is 32.2. The summed E-state index contributed by atoms with van der Waals surface area (Å²) in [5.74, 6) is 0. The monoisotopic (exact) mass is 193 g/mol. The molecule has 0 aromatic heterocycles. The third-order valence-electron chi connectivity index (χ3n) is 1.32. The Labute approximate surface area is 84.6 Å². The maximum Gasteiger partial charge on any atom is 0.0755 e. The van der Waals surface area contributed by atoms with Gasteiger partial charge in [0.15, 0.2) is 0 Å². The van der Waals surface area contributed by atoms with Gasteiger partial charge in [0.2, 0.25) is 0 Å². The maximum atomic E-state index is 4.20. The van der Waals surface area contributed by atoms with E-state index in [0.29, 0.717) is 0 Å². The van der Waals surface area contributed by atoms with Crippen LogP contribution in [0.4, 0.5) is 0 Å². The minimum atomic E-state index is 0.896. The van der Waals surface area contributed by atoms with Crippen LogP contribution in [0.1, 0.15) is 6.92 Å². The molecule has 0 aliphatic carbocycles. The lowest BCUT2D eigenvalue weighted by atomic mass is 10.3. The number of aliphatic imine (C=N–C) groups is 1. The molecular weight excluding hydrogens is 178 g/mol. The predicted octanol–water partition coefficient (Wildman–Crippen LogP) is 3.58. The number of thioether (sulfide) groups is 1. The minimum Gasteiger partial charge on any atom is -0.260 e. The van der Waals surface area contributed by atoms with E-state index in [1.165, 1.54) is 0 Å². The van der Waals surface area contributed by atoms with E-state index in [2.05, 4.69) is 18.2 Å². The van der Waals surface area contributed by atoms with Gasteiger partial charge in [0.1, 0.15) is 0 Å². The second-order valence-corrected chi connectivity index (χ2v) is 2.99. The van der Waals surface area contributed by atoms with E-state index in [1.54, 1.807) is 30.1 Å². The zero-order valence-corrected chi connectivity index (χ0v) is 8.97. The van der Waals surface area contributed by atoms with Crippen molar-refractivity contribution in [1.29, 1.82) is 0 Å². The fraction of sp³-hybridized carbons (Fsp3) is 0.182. The average Bonchev–Trinajstić information content (AvgIpc) is 2.17. The molecular formula is C11H15NS. The third kappa shape index (κ3) is 4.53. The van der Waals surface area contributed by atoms with Crippen LogP contribution in [-0.4, -0.2) is 12.5 Å². The minimum absolute atomic E-state index is 0.896. The van der Waals surface area contributed by atoms with Gasteiger partial charge in [-0.25, -0.2) is 0 Å². The molecule has 0 heterocycles. The highest BCUT2D eigenvalue weighted by molar-refractivity contribution is 8.02. The van der Waals surface area contributed by atoms with Crippen LogP contribution in [0.5, 0.6) is 0 Å². The Balaban J connectivity index is 4.91. The van der Waals surface area contributed by atoms with Crippen LogP contribution in [0.15, 0.2) is 53.1 Å². The van der Waals surface area contributed by atoms with Crippen LogP contribution >= 0.6 is 11.8 Å². The van der Waals surface area contributed by atoms with Crippen molar-refractivity contribution in [2.75, 3.05) is 6.26 Å². The number of rotatable bonds is 5. The molecule has 0 rings (SSSR count). The molecule has 0 aromatic carbocycles. The summed E-state index contributed by atoms with van der Waals surface area (Å²) in [6, 6.07) is 0. The van der Waals surface area contributed by atoms with E-state index in [4.69, 9.17) is 0 Å². The molecule has 0 aromatic rings. The molecule has 0 bridgehead atoms. The van der Waals surface area contributed by atoms with Crippen molar-refractivity contribution in [2.45, 2.75) is 6.92 Å². The van der Waals surface area contributed by atoms with Crippen LogP contribution in [0.3, 0.4) is 0 Å². The maximum absolute atomic E-state index is 4.20. The quantitative estimate of drug-likeness (QED) is 0.480. The summed E-state index contributed by atoms with van der Waals surface area (Å²) in [7, 11) is 0. The molecule has 0 spiro atoms. The van der Waals surface area contributed by atoms with Crippen molar-refractivity contribution in [2.24, 2.45) is 4.99 Å². The fourth-order valence-electron chi connectivity index (χ4n) is 0.769. The van der Waals surface area contributed by atoms with Gasteiger partial charge < -0.3 is 0 Å². The Bertz CT molecular complexity index is 259. The number of hydrogen-bond donors (Lipinski definition) is 0. The van der Waals surface area contributed by atoms with Gasteiger partial charge in [-0.15, -0.1) is 11.8 Å². The van der Waals surface area contributed by atoms with Gasteiger partial charge in [-0.1, -0.05) is 25.3 Å². The highest BCUT2D eigenvalue weighted by Gasteiger charge is 1.95. The van der Waals surface area contributed by atoms with E-state index in [-0.39, 0.29) is 0 Å². The van der Waals surface area contributed by atoms with E-state index in [9.17, 15) is 0 Å². The van der Waals surface area contributed by atoms with Crippen LogP contribution in [0.2, 0.25) is 0 Å². The Morgan fingerprint density at radius 2 is 2.08 bits per heavy atom. The second kappa shape index (κ2) is 7.62. The predicted molar refractivity (Wildman–Crippen MR) is 64.2 cm³/mol. The summed E-state index contributed by atoms with van der Waals surface area (Å²) in [6.07, 6.45) is 11.1. The van der Waals surface area contributed by atoms with Crippen molar-refractivity contribution in [3.63, 3.8) is 0 Å². The van der Waals surface area contributed by atoms with E-state index < -0.39 is 0 Å². The molecule has 0 atom stereocenters.